The number of ether oxygens (including phenoxy) is 1. The SMILES string of the molecule is Cc1cccc(-n2ccc(=O)c(C(=O)Nc3ccc(S(=O)(=O)N4CC(C)OC(C)C4)cc3)n2)c1. The number of amides is 1. The molecular formula is C24H26N4O5S. The third-order valence-corrected chi connectivity index (χ3v) is 7.27. The highest BCUT2D eigenvalue weighted by molar-refractivity contribution is 7.89. The first-order chi connectivity index (χ1) is 16.1. The molecule has 0 spiro atoms. The van der Waals surface area contributed by atoms with Gasteiger partial charge in [0.2, 0.25) is 15.5 Å². The lowest BCUT2D eigenvalue weighted by molar-refractivity contribution is -0.0440. The van der Waals surface area contributed by atoms with E-state index in [-0.39, 0.29) is 35.9 Å². The maximum Gasteiger partial charge on any atom is 0.280 e. The van der Waals surface area contributed by atoms with Gasteiger partial charge in [0.25, 0.3) is 5.91 Å². The normalized spacial score (nSPS) is 19.0. The summed E-state index contributed by atoms with van der Waals surface area (Å²) in [6.07, 6.45) is 1.11. The lowest BCUT2D eigenvalue weighted by atomic mass is 10.2. The standard InChI is InChI=1S/C24H26N4O5S/c1-16-5-4-6-20(13-16)28-12-11-22(29)23(26-28)24(30)25-19-7-9-21(10-8-19)34(31,32)27-14-17(2)33-18(3)15-27/h4-13,17-18H,14-15H2,1-3H3,(H,25,30). The van der Waals surface area contributed by atoms with Crippen LogP contribution in [0.2, 0.25) is 0 Å². The molecule has 0 radical (unpaired) electrons. The lowest BCUT2D eigenvalue weighted by Gasteiger charge is -2.34. The number of aromatic nitrogens is 2. The van der Waals surface area contributed by atoms with E-state index in [2.05, 4.69) is 10.4 Å². The van der Waals surface area contributed by atoms with Crippen LogP contribution in [-0.4, -0.2) is 53.7 Å². The Morgan fingerprint density at radius 1 is 1.06 bits per heavy atom. The van der Waals surface area contributed by atoms with E-state index in [0.717, 1.165) is 11.3 Å². The van der Waals surface area contributed by atoms with Gasteiger partial charge >= 0.3 is 0 Å². The van der Waals surface area contributed by atoms with Crippen molar-refractivity contribution in [3.05, 3.63) is 82.3 Å². The van der Waals surface area contributed by atoms with Crippen LogP contribution in [0.1, 0.15) is 29.9 Å². The fraction of sp³-hybridized carbons (Fsp3) is 0.292. The monoisotopic (exact) mass is 482 g/mol. The predicted molar refractivity (Wildman–Crippen MR) is 128 cm³/mol. The van der Waals surface area contributed by atoms with Crippen molar-refractivity contribution >= 4 is 21.6 Å². The fourth-order valence-electron chi connectivity index (χ4n) is 3.86. The predicted octanol–water partition coefficient (Wildman–Crippen LogP) is 2.59. The number of sulfonamides is 1. The molecular weight excluding hydrogens is 456 g/mol. The first kappa shape index (κ1) is 23.8. The number of morpholine rings is 1. The van der Waals surface area contributed by atoms with E-state index in [0.29, 0.717) is 5.69 Å². The summed E-state index contributed by atoms with van der Waals surface area (Å²) in [7, 11) is -3.70. The Kier molecular flexibility index (Phi) is 6.65. The first-order valence-electron chi connectivity index (χ1n) is 10.9. The molecule has 2 unspecified atom stereocenters. The molecule has 178 valence electrons. The third-order valence-electron chi connectivity index (χ3n) is 5.43. The van der Waals surface area contributed by atoms with Crippen LogP contribution >= 0.6 is 0 Å². The second-order valence-corrected chi connectivity index (χ2v) is 10.3. The fourth-order valence-corrected chi connectivity index (χ4v) is 5.45. The number of benzene rings is 2. The number of nitrogens with one attached hydrogen (secondary N) is 1. The van der Waals surface area contributed by atoms with Gasteiger partial charge in [-0.05, 0) is 62.7 Å². The van der Waals surface area contributed by atoms with E-state index in [1.54, 1.807) is 0 Å². The minimum absolute atomic E-state index is 0.117. The summed E-state index contributed by atoms with van der Waals surface area (Å²) >= 11 is 0. The molecule has 1 saturated heterocycles. The topological polar surface area (TPSA) is 111 Å². The van der Waals surface area contributed by atoms with E-state index < -0.39 is 21.4 Å². The lowest BCUT2D eigenvalue weighted by Crippen LogP contribution is -2.48. The molecule has 3 aromatic rings. The molecule has 1 aliphatic rings. The molecule has 2 atom stereocenters. The zero-order valence-corrected chi connectivity index (χ0v) is 20.0. The van der Waals surface area contributed by atoms with Crippen molar-refractivity contribution < 1.29 is 17.9 Å². The van der Waals surface area contributed by atoms with Gasteiger partial charge in [0.1, 0.15) is 0 Å². The maximum atomic E-state index is 13.0. The van der Waals surface area contributed by atoms with E-state index in [1.807, 2.05) is 45.0 Å². The van der Waals surface area contributed by atoms with Gasteiger partial charge in [0.15, 0.2) is 5.69 Å². The molecule has 0 aliphatic carbocycles. The number of carbonyl (C=O) groups is 1. The molecule has 1 fully saturated rings. The molecule has 2 heterocycles. The number of aryl methyl sites for hydroxylation is 1. The van der Waals surface area contributed by atoms with Crippen LogP contribution in [0.3, 0.4) is 0 Å². The zero-order valence-electron chi connectivity index (χ0n) is 19.1. The van der Waals surface area contributed by atoms with Gasteiger partial charge in [-0.1, -0.05) is 12.1 Å². The Bertz CT molecular complexity index is 1360. The van der Waals surface area contributed by atoms with Gasteiger partial charge in [-0.25, -0.2) is 13.1 Å². The Morgan fingerprint density at radius 2 is 1.74 bits per heavy atom. The van der Waals surface area contributed by atoms with Crippen LogP contribution in [-0.2, 0) is 14.8 Å². The average Bonchev–Trinajstić information content (AvgIpc) is 2.79. The zero-order chi connectivity index (χ0) is 24.5. The highest BCUT2D eigenvalue weighted by Gasteiger charge is 2.32. The molecule has 4 rings (SSSR count). The molecule has 1 aliphatic heterocycles. The third kappa shape index (κ3) is 5.09. The largest absolute Gasteiger partial charge is 0.373 e. The minimum atomic E-state index is -3.70. The number of hydrogen-bond donors (Lipinski definition) is 1. The molecule has 2 aromatic carbocycles. The molecule has 0 saturated carbocycles. The Hall–Kier alpha value is -3.34. The molecule has 9 nitrogen and oxygen atoms in total. The van der Waals surface area contributed by atoms with Crippen molar-refractivity contribution in [1.29, 1.82) is 0 Å². The van der Waals surface area contributed by atoms with Crippen LogP contribution in [0, 0.1) is 6.92 Å². The van der Waals surface area contributed by atoms with Gasteiger partial charge in [0.05, 0.1) is 22.8 Å². The van der Waals surface area contributed by atoms with Gasteiger partial charge < -0.3 is 10.1 Å². The van der Waals surface area contributed by atoms with E-state index in [4.69, 9.17) is 4.74 Å². The summed E-state index contributed by atoms with van der Waals surface area (Å²) in [5.41, 5.74) is 1.29. The summed E-state index contributed by atoms with van der Waals surface area (Å²) in [6.45, 7) is 6.16. The first-order valence-corrected chi connectivity index (χ1v) is 12.3. The highest BCUT2D eigenvalue weighted by atomic mass is 32.2. The molecule has 10 heteroatoms. The molecule has 1 N–H and O–H groups in total. The summed E-state index contributed by atoms with van der Waals surface area (Å²) in [6, 6.07) is 14.6. The Labute approximate surface area is 198 Å². The van der Waals surface area contributed by atoms with Crippen LogP contribution in [0.5, 0.6) is 0 Å². The molecule has 1 amide bonds. The van der Waals surface area contributed by atoms with Crippen LogP contribution < -0.4 is 10.7 Å². The van der Waals surface area contributed by atoms with Gasteiger partial charge in [-0.2, -0.15) is 9.40 Å². The minimum Gasteiger partial charge on any atom is -0.373 e. The van der Waals surface area contributed by atoms with Gasteiger partial charge in [0, 0.05) is 31.0 Å². The molecule has 0 bridgehead atoms. The van der Waals surface area contributed by atoms with E-state index in [1.165, 1.54) is 45.5 Å². The van der Waals surface area contributed by atoms with Crippen molar-refractivity contribution in [3.8, 4) is 5.69 Å². The van der Waals surface area contributed by atoms with Crippen LogP contribution in [0.4, 0.5) is 5.69 Å². The number of hydrogen-bond acceptors (Lipinski definition) is 6. The van der Waals surface area contributed by atoms with E-state index >= 15 is 0 Å². The maximum absolute atomic E-state index is 13.0. The number of anilines is 1. The van der Waals surface area contributed by atoms with Crippen LogP contribution in [0.15, 0.2) is 70.5 Å². The second-order valence-electron chi connectivity index (χ2n) is 8.37. The average molecular weight is 483 g/mol. The van der Waals surface area contributed by atoms with Crippen molar-refractivity contribution in [2.24, 2.45) is 0 Å². The summed E-state index contributed by atoms with van der Waals surface area (Å²) < 4.78 is 34.5. The molecule has 34 heavy (non-hydrogen) atoms. The van der Waals surface area contributed by atoms with Crippen LogP contribution in [0.25, 0.3) is 5.69 Å². The van der Waals surface area contributed by atoms with E-state index in [9.17, 15) is 18.0 Å². The quantitative estimate of drug-likeness (QED) is 0.599. The second kappa shape index (κ2) is 9.49. The van der Waals surface area contributed by atoms with Crippen molar-refractivity contribution in [2.75, 3.05) is 18.4 Å². The van der Waals surface area contributed by atoms with Crippen molar-refractivity contribution in [2.45, 2.75) is 37.9 Å². The Balaban J connectivity index is 1.52. The summed E-state index contributed by atoms with van der Waals surface area (Å²) in [5.74, 6) is -0.682. The van der Waals surface area contributed by atoms with Crippen molar-refractivity contribution in [1.82, 2.24) is 14.1 Å². The number of nitrogens with zero attached hydrogens (tertiary/aromatic N) is 3. The number of rotatable bonds is 5. The smallest absolute Gasteiger partial charge is 0.280 e. The Morgan fingerprint density at radius 3 is 2.38 bits per heavy atom. The van der Waals surface area contributed by atoms with Gasteiger partial charge in [-0.3, -0.25) is 9.59 Å². The highest BCUT2D eigenvalue weighted by Crippen LogP contribution is 2.22. The molecule has 1 aromatic heterocycles. The summed E-state index contributed by atoms with van der Waals surface area (Å²) in [4.78, 5) is 25.2. The van der Waals surface area contributed by atoms with Gasteiger partial charge in [-0.15, -0.1) is 0 Å². The summed E-state index contributed by atoms with van der Waals surface area (Å²) in [5, 5.41) is 6.81. The number of carbonyl (C=O) groups excluding carboxylic acids is 1. The van der Waals surface area contributed by atoms with Crippen molar-refractivity contribution in [3.63, 3.8) is 0 Å².